The smallest absolute Gasteiger partial charge is 0.335 e. The van der Waals surface area contributed by atoms with Crippen molar-refractivity contribution in [3.63, 3.8) is 0 Å². The molecule has 2 N–H and O–H groups in total. The molecule has 0 aliphatic carbocycles. The van der Waals surface area contributed by atoms with Gasteiger partial charge in [-0.3, -0.25) is 4.68 Å². The van der Waals surface area contributed by atoms with E-state index in [1.807, 2.05) is 13.0 Å². The number of ether oxygens (including phenoxy) is 1. The maximum atomic E-state index is 5.51. The van der Waals surface area contributed by atoms with E-state index < -0.39 is 0 Å². The van der Waals surface area contributed by atoms with E-state index in [2.05, 4.69) is 10.1 Å². The Morgan fingerprint density at radius 3 is 2.94 bits per heavy atom. The van der Waals surface area contributed by atoms with Crippen LogP contribution in [0.25, 0.3) is 0 Å². The number of aromatic nitrogens is 3. The third-order valence-corrected chi connectivity index (χ3v) is 2.18. The third kappa shape index (κ3) is 2.22. The summed E-state index contributed by atoms with van der Waals surface area (Å²) in [7, 11) is 1.78. The number of hydrogen-bond acceptors (Lipinski definition) is 5. The molecule has 0 aliphatic rings. The van der Waals surface area contributed by atoms with Gasteiger partial charge in [0.25, 0.3) is 0 Å². The van der Waals surface area contributed by atoms with Gasteiger partial charge in [-0.25, -0.2) is 0 Å². The van der Waals surface area contributed by atoms with E-state index >= 15 is 0 Å². The Labute approximate surface area is 93.0 Å². The van der Waals surface area contributed by atoms with Crippen molar-refractivity contribution in [2.75, 3.05) is 0 Å². The molecule has 0 atom stereocenters. The summed E-state index contributed by atoms with van der Waals surface area (Å²) in [5.74, 6) is 1.51. The molecule has 2 rings (SSSR count). The van der Waals surface area contributed by atoms with Crippen LogP contribution in [0.3, 0.4) is 0 Å². The first kappa shape index (κ1) is 10.7. The Balaban J connectivity index is 1.99. The fourth-order valence-electron chi connectivity index (χ4n) is 1.39. The van der Waals surface area contributed by atoms with Crippen LogP contribution in [0.15, 0.2) is 16.8 Å². The predicted molar refractivity (Wildman–Crippen MR) is 56.7 cm³/mol. The summed E-state index contributed by atoms with van der Waals surface area (Å²) in [5, 5.41) is 3.99. The van der Waals surface area contributed by atoms with Gasteiger partial charge in [-0.1, -0.05) is 0 Å². The van der Waals surface area contributed by atoms with Gasteiger partial charge in [-0.2, -0.15) is 4.98 Å². The van der Waals surface area contributed by atoms with Gasteiger partial charge in [-0.15, -0.1) is 5.10 Å². The van der Waals surface area contributed by atoms with E-state index in [9.17, 15) is 0 Å². The number of nitrogens with two attached hydrogens (primary N) is 1. The minimum absolute atomic E-state index is 0.310. The van der Waals surface area contributed by atoms with Crippen molar-refractivity contribution >= 4 is 0 Å². The van der Waals surface area contributed by atoms with Crippen molar-refractivity contribution in [3.05, 3.63) is 29.5 Å². The lowest BCUT2D eigenvalue weighted by molar-refractivity contribution is 0.246. The number of hydrogen-bond donors (Lipinski definition) is 1. The van der Waals surface area contributed by atoms with Gasteiger partial charge in [0.2, 0.25) is 0 Å². The molecule has 0 unspecified atom stereocenters. The van der Waals surface area contributed by atoms with Gasteiger partial charge < -0.3 is 14.9 Å². The zero-order chi connectivity index (χ0) is 11.5. The summed E-state index contributed by atoms with van der Waals surface area (Å²) < 4.78 is 12.4. The van der Waals surface area contributed by atoms with Gasteiger partial charge in [-0.05, 0) is 18.6 Å². The van der Waals surface area contributed by atoms with Crippen LogP contribution in [-0.4, -0.2) is 14.8 Å². The number of furan rings is 1. The maximum Gasteiger partial charge on any atom is 0.335 e. The summed E-state index contributed by atoms with van der Waals surface area (Å²) >= 11 is 0. The molecule has 0 saturated carbocycles. The highest BCUT2D eigenvalue weighted by Gasteiger charge is 2.07. The molecule has 2 aromatic rings. The molecule has 86 valence electrons. The summed E-state index contributed by atoms with van der Waals surface area (Å²) in [4.78, 5) is 3.94. The summed E-state index contributed by atoms with van der Waals surface area (Å²) in [5.41, 5.74) is 6.55. The van der Waals surface area contributed by atoms with Crippen LogP contribution in [0, 0.1) is 6.92 Å². The lowest BCUT2D eigenvalue weighted by Crippen LogP contribution is -1.97. The van der Waals surface area contributed by atoms with E-state index in [-0.39, 0.29) is 0 Å². The van der Waals surface area contributed by atoms with Crippen LogP contribution in [0.2, 0.25) is 0 Å². The fourth-order valence-corrected chi connectivity index (χ4v) is 1.39. The molecule has 2 heterocycles. The van der Waals surface area contributed by atoms with E-state index in [1.54, 1.807) is 18.1 Å². The molecule has 0 saturated heterocycles. The Hall–Kier alpha value is -1.82. The van der Waals surface area contributed by atoms with Crippen molar-refractivity contribution in [2.45, 2.75) is 20.1 Å². The topological polar surface area (TPSA) is 79.1 Å². The minimum Gasteiger partial charge on any atom is -0.461 e. The molecule has 6 heteroatoms. The van der Waals surface area contributed by atoms with Gasteiger partial charge in [0.1, 0.15) is 24.5 Å². The predicted octanol–water partition coefficient (Wildman–Crippen LogP) is 0.754. The molecule has 0 radical (unpaired) electrons. The highest BCUT2D eigenvalue weighted by molar-refractivity contribution is 5.19. The highest BCUT2D eigenvalue weighted by atomic mass is 16.5. The third-order valence-electron chi connectivity index (χ3n) is 2.18. The molecule has 2 aromatic heterocycles. The number of nitrogens with zero attached hydrogens (tertiary/aromatic N) is 3. The van der Waals surface area contributed by atoms with E-state index in [4.69, 9.17) is 14.9 Å². The first-order valence-corrected chi connectivity index (χ1v) is 4.95. The zero-order valence-electron chi connectivity index (χ0n) is 9.30. The Morgan fingerprint density at radius 2 is 2.38 bits per heavy atom. The summed E-state index contributed by atoms with van der Waals surface area (Å²) in [6, 6.07) is 2.25. The lowest BCUT2D eigenvalue weighted by Gasteiger charge is -1.97. The van der Waals surface area contributed by atoms with Gasteiger partial charge >= 0.3 is 6.01 Å². The van der Waals surface area contributed by atoms with Crippen LogP contribution in [0.5, 0.6) is 6.01 Å². The molecule has 6 nitrogen and oxygen atoms in total. The Kier molecular flexibility index (Phi) is 2.91. The SMILES string of the molecule is Cc1cc(COc2ncn(C)n2)oc1CN. The first-order valence-electron chi connectivity index (χ1n) is 4.95. The number of rotatable bonds is 4. The van der Waals surface area contributed by atoms with Gasteiger partial charge in [0, 0.05) is 7.05 Å². The molecule has 0 bridgehead atoms. The van der Waals surface area contributed by atoms with Crippen molar-refractivity contribution in [3.8, 4) is 6.01 Å². The van der Waals surface area contributed by atoms with Crippen LogP contribution in [-0.2, 0) is 20.2 Å². The molecule has 0 amide bonds. The van der Waals surface area contributed by atoms with Crippen molar-refractivity contribution in [1.82, 2.24) is 14.8 Å². The molecular weight excluding hydrogens is 208 g/mol. The first-order chi connectivity index (χ1) is 7.69. The fraction of sp³-hybridized carbons (Fsp3) is 0.400. The zero-order valence-corrected chi connectivity index (χ0v) is 9.30. The number of aryl methyl sites for hydroxylation is 2. The second-order valence-electron chi connectivity index (χ2n) is 3.51. The van der Waals surface area contributed by atoms with Crippen LogP contribution < -0.4 is 10.5 Å². The van der Waals surface area contributed by atoms with E-state index in [0.29, 0.717) is 19.2 Å². The maximum absolute atomic E-state index is 5.51. The molecule has 0 spiro atoms. The molecule has 0 aliphatic heterocycles. The lowest BCUT2D eigenvalue weighted by atomic mass is 10.3. The van der Waals surface area contributed by atoms with Crippen molar-refractivity contribution in [2.24, 2.45) is 12.8 Å². The van der Waals surface area contributed by atoms with Gasteiger partial charge in [0.05, 0.1) is 6.54 Å². The quantitative estimate of drug-likeness (QED) is 0.825. The minimum atomic E-state index is 0.310. The monoisotopic (exact) mass is 222 g/mol. The van der Waals surface area contributed by atoms with E-state index in [0.717, 1.165) is 17.1 Å². The summed E-state index contributed by atoms with van der Waals surface area (Å²) in [6.07, 6.45) is 1.58. The molecule has 0 aromatic carbocycles. The largest absolute Gasteiger partial charge is 0.461 e. The molecule has 16 heavy (non-hydrogen) atoms. The normalized spacial score (nSPS) is 10.7. The van der Waals surface area contributed by atoms with Crippen LogP contribution >= 0.6 is 0 Å². The Morgan fingerprint density at radius 1 is 1.56 bits per heavy atom. The Bertz CT molecular complexity index is 475. The van der Waals surface area contributed by atoms with Crippen molar-refractivity contribution < 1.29 is 9.15 Å². The van der Waals surface area contributed by atoms with Crippen LogP contribution in [0.4, 0.5) is 0 Å². The van der Waals surface area contributed by atoms with Crippen molar-refractivity contribution in [1.29, 1.82) is 0 Å². The van der Waals surface area contributed by atoms with Gasteiger partial charge in [0.15, 0.2) is 0 Å². The molecule has 0 fully saturated rings. The summed E-state index contributed by atoms with van der Waals surface area (Å²) in [6.45, 7) is 2.66. The van der Waals surface area contributed by atoms with E-state index in [1.165, 1.54) is 0 Å². The standard InChI is InChI=1S/C10H14N4O2/c1-7-3-8(16-9(7)4-11)5-15-10-12-6-14(2)13-10/h3,6H,4-5,11H2,1-2H3. The average molecular weight is 222 g/mol. The van der Waals surface area contributed by atoms with Crippen LogP contribution in [0.1, 0.15) is 17.1 Å². The highest BCUT2D eigenvalue weighted by Crippen LogP contribution is 2.15. The second-order valence-corrected chi connectivity index (χ2v) is 3.51. The average Bonchev–Trinajstić information content (AvgIpc) is 2.82. The molecular formula is C10H14N4O2. The second kappa shape index (κ2) is 4.36.